The number of fused-ring (bicyclic) bond motifs is 1. The first-order chi connectivity index (χ1) is 12.3. The van der Waals surface area contributed by atoms with Gasteiger partial charge in [-0.1, -0.05) is 31.4 Å². The van der Waals surface area contributed by atoms with Crippen LogP contribution in [0.15, 0.2) is 36.9 Å². The van der Waals surface area contributed by atoms with Crippen molar-refractivity contribution in [3.8, 4) is 0 Å². The van der Waals surface area contributed by atoms with Gasteiger partial charge >= 0.3 is 0 Å². The lowest BCUT2D eigenvalue weighted by molar-refractivity contribution is -0.132. The number of rotatable bonds is 5. The molecule has 0 atom stereocenters. The van der Waals surface area contributed by atoms with Gasteiger partial charge in [-0.3, -0.25) is 4.79 Å². The molecule has 2 heterocycles. The van der Waals surface area contributed by atoms with Gasteiger partial charge in [-0.25, -0.2) is 9.67 Å². The Kier molecular flexibility index (Phi) is 4.17. The summed E-state index contributed by atoms with van der Waals surface area (Å²) in [6.07, 6.45) is 8.09. The number of nitrogens with one attached hydrogen (secondary N) is 1. The molecule has 1 aliphatic rings. The Morgan fingerprint density at radius 2 is 2.00 bits per heavy atom. The molecule has 0 spiro atoms. The zero-order chi connectivity index (χ0) is 17.1. The highest BCUT2D eigenvalue weighted by atomic mass is 16.2. The second kappa shape index (κ2) is 6.62. The fourth-order valence-electron chi connectivity index (χ4n) is 3.70. The minimum absolute atomic E-state index is 0.00363. The van der Waals surface area contributed by atoms with E-state index < -0.39 is 5.54 Å². The molecule has 3 aromatic rings. The van der Waals surface area contributed by atoms with Gasteiger partial charge in [-0.05, 0) is 35.4 Å². The van der Waals surface area contributed by atoms with Crippen LogP contribution in [-0.2, 0) is 16.9 Å². The summed E-state index contributed by atoms with van der Waals surface area (Å²) in [5.74, 6) is 0.00363. The van der Waals surface area contributed by atoms with Crippen LogP contribution >= 0.6 is 0 Å². The summed E-state index contributed by atoms with van der Waals surface area (Å²) in [6.45, 7) is 1.22. The van der Waals surface area contributed by atoms with Gasteiger partial charge in [0.25, 0.3) is 0 Å². The van der Waals surface area contributed by atoms with Gasteiger partial charge < -0.3 is 9.88 Å². The van der Waals surface area contributed by atoms with Crippen molar-refractivity contribution in [2.45, 2.75) is 44.2 Å². The van der Waals surface area contributed by atoms with Crippen LogP contribution in [0.2, 0.25) is 0 Å². The van der Waals surface area contributed by atoms with Gasteiger partial charge in [0.2, 0.25) is 5.91 Å². The highest BCUT2D eigenvalue weighted by Crippen LogP contribution is 2.34. The minimum Gasteiger partial charge on any atom is -0.352 e. The molecular weight excluding hydrogens is 318 g/mol. The summed E-state index contributed by atoms with van der Waals surface area (Å²) >= 11 is 0. The third-order valence-corrected chi connectivity index (χ3v) is 5.06. The molecule has 2 aromatic heterocycles. The van der Waals surface area contributed by atoms with Gasteiger partial charge in [0.05, 0.1) is 17.4 Å². The first kappa shape index (κ1) is 15.7. The van der Waals surface area contributed by atoms with Crippen LogP contribution in [0.5, 0.6) is 0 Å². The van der Waals surface area contributed by atoms with E-state index in [0.717, 1.165) is 43.1 Å². The number of tetrazole rings is 1. The molecule has 8 nitrogen and oxygen atoms in total. The predicted molar refractivity (Wildman–Crippen MR) is 91.6 cm³/mol. The zero-order valence-corrected chi connectivity index (χ0v) is 14.0. The minimum atomic E-state index is -0.654. The van der Waals surface area contributed by atoms with E-state index in [1.54, 1.807) is 11.0 Å². The Balaban J connectivity index is 1.45. The van der Waals surface area contributed by atoms with Gasteiger partial charge in [0.1, 0.15) is 11.9 Å². The molecule has 130 valence electrons. The normalized spacial score (nSPS) is 16.8. The zero-order valence-electron chi connectivity index (χ0n) is 14.0. The van der Waals surface area contributed by atoms with E-state index in [2.05, 4.69) is 30.4 Å². The third kappa shape index (κ3) is 2.88. The number of aromatic nitrogens is 6. The number of amides is 1. The molecule has 1 amide bonds. The smallest absolute Gasteiger partial charge is 0.248 e. The van der Waals surface area contributed by atoms with Crippen molar-refractivity contribution in [3.05, 3.63) is 36.9 Å². The number of para-hydroxylation sites is 2. The van der Waals surface area contributed by atoms with Crippen LogP contribution in [0.1, 0.15) is 32.1 Å². The van der Waals surface area contributed by atoms with Crippen LogP contribution in [0.25, 0.3) is 11.0 Å². The Labute approximate surface area is 145 Å². The lowest BCUT2D eigenvalue weighted by Crippen LogP contribution is -2.51. The molecule has 0 bridgehead atoms. The summed E-state index contributed by atoms with van der Waals surface area (Å²) in [5, 5.41) is 14.5. The van der Waals surface area contributed by atoms with E-state index in [-0.39, 0.29) is 5.91 Å². The molecule has 1 aromatic carbocycles. The fraction of sp³-hybridized carbons (Fsp3) is 0.471. The molecule has 1 saturated carbocycles. The fourth-order valence-corrected chi connectivity index (χ4v) is 3.70. The van der Waals surface area contributed by atoms with Crippen molar-refractivity contribution in [2.75, 3.05) is 6.54 Å². The topological polar surface area (TPSA) is 90.5 Å². The molecule has 0 radical (unpaired) electrons. The second-order valence-electron chi connectivity index (χ2n) is 6.53. The molecule has 1 fully saturated rings. The van der Waals surface area contributed by atoms with Crippen LogP contribution in [0.4, 0.5) is 0 Å². The Bertz CT molecular complexity index is 849. The van der Waals surface area contributed by atoms with E-state index in [9.17, 15) is 4.79 Å². The lowest BCUT2D eigenvalue weighted by Gasteiger charge is -2.35. The van der Waals surface area contributed by atoms with Crippen LogP contribution in [-0.4, -0.2) is 42.2 Å². The van der Waals surface area contributed by atoms with Crippen LogP contribution in [0, 0.1) is 0 Å². The molecule has 0 aliphatic heterocycles. The molecule has 8 heteroatoms. The monoisotopic (exact) mass is 339 g/mol. The van der Waals surface area contributed by atoms with E-state index in [0.29, 0.717) is 13.1 Å². The van der Waals surface area contributed by atoms with Crippen LogP contribution < -0.4 is 5.32 Å². The number of hydrogen-bond acceptors (Lipinski definition) is 5. The maximum Gasteiger partial charge on any atom is 0.248 e. The molecule has 0 unspecified atom stereocenters. The summed E-state index contributed by atoms with van der Waals surface area (Å²) in [4.78, 5) is 17.3. The average molecular weight is 339 g/mol. The SMILES string of the molecule is O=C(NCCn1cnc2ccccc21)C1(n2cnnn2)CCCCC1. The molecular formula is C17H21N7O. The Hall–Kier alpha value is -2.77. The average Bonchev–Trinajstić information content (AvgIpc) is 3.33. The maximum absolute atomic E-state index is 13.0. The molecule has 4 rings (SSSR count). The highest BCUT2D eigenvalue weighted by Gasteiger charge is 2.42. The quantitative estimate of drug-likeness (QED) is 0.761. The lowest BCUT2D eigenvalue weighted by atomic mass is 9.81. The Morgan fingerprint density at radius 3 is 2.80 bits per heavy atom. The summed E-state index contributed by atoms with van der Waals surface area (Å²) in [6, 6.07) is 7.99. The van der Waals surface area contributed by atoms with Crippen molar-refractivity contribution in [3.63, 3.8) is 0 Å². The second-order valence-corrected chi connectivity index (χ2v) is 6.53. The van der Waals surface area contributed by atoms with Crippen molar-refractivity contribution < 1.29 is 4.79 Å². The van der Waals surface area contributed by atoms with Crippen molar-refractivity contribution in [1.29, 1.82) is 0 Å². The molecule has 1 N–H and O–H groups in total. The summed E-state index contributed by atoms with van der Waals surface area (Å²) < 4.78 is 3.69. The molecule has 25 heavy (non-hydrogen) atoms. The van der Waals surface area contributed by atoms with Gasteiger partial charge in [-0.2, -0.15) is 0 Å². The predicted octanol–water partition coefficient (Wildman–Crippen LogP) is 1.50. The van der Waals surface area contributed by atoms with E-state index in [4.69, 9.17) is 0 Å². The third-order valence-electron chi connectivity index (χ3n) is 5.06. The van der Waals surface area contributed by atoms with Crippen molar-refractivity contribution in [2.24, 2.45) is 0 Å². The number of benzene rings is 1. The number of nitrogens with zero attached hydrogens (tertiary/aromatic N) is 6. The largest absolute Gasteiger partial charge is 0.352 e. The number of hydrogen-bond donors (Lipinski definition) is 1. The van der Waals surface area contributed by atoms with Gasteiger partial charge in [0, 0.05) is 13.1 Å². The van der Waals surface area contributed by atoms with Crippen molar-refractivity contribution in [1.82, 2.24) is 35.1 Å². The van der Waals surface area contributed by atoms with Crippen molar-refractivity contribution >= 4 is 16.9 Å². The van der Waals surface area contributed by atoms with Gasteiger partial charge in [0.15, 0.2) is 0 Å². The summed E-state index contributed by atoms with van der Waals surface area (Å²) in [7, 11) is 0. The maximum atomic E-state index is 13.0. The van der Waals surface area contributed by atoms with E-state index in [1.807, 2.05) is 30.6 Å². The molecule has 0 saturated heterocycles. The van der Waals surface area contributed by atoms with Crippen LogP contribution in [0.3, 0.4) is 0 Å². The number of carbonyl (C=O) groups is 1. The standard InChI is InChI=1S/C17H21N7O/c25-16(17(8-4-1-5-9-17)24-13-20-21-22-24)18-10-11-23-12-19-14-6-2-3-7-15(14)23/h2-3,6-7,12-13H,1,4-5,8-11H2,(H,18,25). The molecule has 1 aliphatic carbocycles. The highest BCUT2D eigenvalue weighted by molar-refractivity contribution is 5.84. The Morgan fingerprint density at radius 1 is 1.16 bits per heavy atom. The number of imidazole rings is 1. The number of carbonyl (C=O) groups excluding carboxylic acids is 1. The van der Waals surface area contributed by atoms with E-state index in [1.165, 1.54) is 0 Å². The first-order valence-corrected chi connectivity index (χ1v) is 8.71. The first-order valence-electron chi connectivity index (χ1n) is 8.71. The van der Waals surface area contributed by atoms with Gasteiger partial charge in [-0.15, -0.1) is 5.10 Å². The summed E-state index contributed by atoms with van der Waals surface area (Å²) in [5.41, 5.74) is 1.38. The van der Waals surface area contributed by atoms with E-state index >= 15 is 0 Å².